The lowest BCUT2D eigenvalue weighted by molar-refractivity contribution is -0.121. The van der Waals surface area contributed by atoms with Crippen LogP contribution in [0.15, 0.2) is 106 Å². The monoisotopic (exact) mass is 733 g/mol. The number of aromatic nitrogens is 2. The van der Waals surface area contributed by atoms with Gasteiger partial charge in [-0.05, 0) is 60.7 Å². The second-order valence-electron chi connectivity index (χ2n) is 10.4. The number of Topliss-reactive ketones (excluding diaryl/α,β-unsaturated/α-hetero) is 1. The summed E-state index contributed by atoms with van der Waals surface area (Å²) in [4.78, 5) is 12.1. The Kier molecular flexibility index (Phi) is 8.85. The zero-order valence-electron chi connectivity index (χ0n) is 24.8. The zero-order valence-corrected chi connectivity index (χ0v) is 28.1. The van der Waals surface area contributed by atoms with Gasteiger partial charge in [-0.2, -0.15) is 0 Å². The highest BCUT2D eigenvalue weighted by Gasteiger charge is 2.22. The molecular weight excluding hydrogens is 703 g/mol. The van der Waals surface area contributed by atoms with Gasteiger partial charge in [0.15, 0.2) is 5.78 Å². The van der Waals surface area contributed by atoms with E-state index in [0.29, 0.717) is 26.3 Å². The number of ketones is 1. The number of carbonyl (C=O) groups excluding carboxylic acids is 1. The number of fused-ring (bicyclic) bond motifs is 10. The summed E-state index contributed by atoms with van der Waals surface area (Å²) in [5, 5.41) is 12.5. The van der Waals surface area contributed by atoms with Crippen LogP contribution >= 0.6 is 41.1 Å². The van der Waals surface area contributed by atoms with Gasteiger partial charge in [0.05, 0.1) is 24.5 Å². The molecule has 2 aromatic heterocycles. The van der Waals surface area contributed by atoms with Crippen molar-refractivity contribution in [2.75, 3.05) is 19.9 Å². The molecule has 0 amide bonds. The number of para-hydroxylation sites is 2. The van der Waals surface area contributed by atoms with E-state index in [0.717, 1.165) is 59.4 Å². The molecule has 2 unspecified atom stereocenters. The molecule has 0 bridgehead atoms. The molecular formula is C35H31Br2N2O4P. The van der Waals surface area contributed by atoms with Crippen LogP contribution in [-0.4, -0.2) is 46.0 Å². The van der Waals surface area contributed by atoms with Crippen molar-refractivity contribution in [2.24, 2.45) is 0 Å². The van der Waals surface area contributed by atoms with Crippen LogP contribution in [-0.2, 0) is 17.9 Å². The molecule has 44 heavy (non-hydrogen) atoms. The Morgan fingerprint density at radius 1 is 0.795 bits per heavy atom. The number of aliphatic hydroxyl groups is 1. The molecule has 0 saturated carbocycles. The van der Waals surface area contributed by atoms with Gasteiger partial charge in [-0.1, -0.05) is 74.9 Å². The number of hydrogen-bond donors (Lipinski definition) is 1. The molecule has 0 radical (unpaired) electrons. The average molecular weight is 735 g/mol. The fourth-order valence-corrected chi connectivity index (χ4v) is 6.44. The first-order chi connectivity index (χ1) is 21.9. The third kappa shape index (κ3) is 6.09. The van der Waals surface area contributed by atoms with Crippen LogP contribution in [0.1, 0.15) is 1.37 Å². The van der Waals surface area contributed by atoms with Crippen LogP contribution in [0.2, 0.25) is 0 Å². The first-order valence-corrected chi connectivity index (χ1v) is 16.5. The van der Waals surface area contributed by atoms with Gasteiger partial charge < -0.3 is 23.7 Å². The topological polar surface area (TPSA) is 65.6 Å². The lowest BCUT2D eigenvalue weighted by atomic mass is 10.1. The summed E-state index contributed by atoms with van der Waals surface area (Å²) in [6.45, 7) is 1.71. The molecule has 8 rings (SSSR count). The van der Waals surface area contributed by atoms with E-state index in [4.69, 9.17) is 10.8 Å². The average Bonchev–Trinajstić information content (AvgIpc) is 3.57. The van der Waals surface area contributed by atoms with Crippen molar-refractivity contribution in [3.05, 3.63) is 106 Å². The third-order valence-corrected chi connectivity index (χ3v) is 8.59. The SMILES string of the molecule is O=C1COc2ccc(Br)cc2-c2cc3ccccc3n2C1.OC1COc2ccc(Br)cc2-c2cc3ccccc3n2C1.[2H]CP. The zero-order chi connectivity index (χ0) is 31.5. The van der Waals surface area contributed by atoms with Gasteiger partial charge in [-0.25, -0.2) is 0 Å². The number of carbonyl (C=O) groups is 1. The van der Waals surface area contributed by atoms with Crippen molar-refractivity contribution >= 4 is 68.7 Å². The fraction of sp³-hybridized carbons (Fsp3) is 0.171. The van der Waals surface area contributed by atoms with E-state index in [-0.39, 0.29) is 12.4 Å². The second-order valence-corrected chi connectivity index (χ2v) is 12.3. The highest BCUT2D eigenvalue weighted by molar-refractivity contribution is 9.10. The van der Waals surface area contributed by atoms with Gasteiger partial charge in [0.1, 0.15) is 30.8 Å². The number of aliphatic hydroxyl groups excluding tert-OH is 1. The Balaban J connectivity index is 0.000000146. The van der Waals surface area contributed by atoms with Crippen molar-refractivity contribution in [2.45, 2.75) is 19.2 Å². The van der Waals surface area contributed by atoms with Crippen LogP contribution in [0.4, 0.5) is 0 Å². The van der Waals surface area contributed by atoms with E-state index in [2.05, 4.69) is 86.6 Å². The Morgan fingerprint density at radius 3 is 1.93 bits per heavy atom. The summed E-state index contributed by atoms with van der Waals surface area (Å²) in [6, 6.07) is 32.5. The van der Waals surface area contributed by atoms with E-state index in [1.165, 1.54) is 5.39 Å². The molecule has 4 heterocycles. The number of hydrogen-bond acceptors (Lipinski definition) is 4. The quantitative estimate of drug-likeness (QED) is 0.160. The van der Waals surface area contributed by atoms with E-state index >= 15 is 0 Å². The molecule has 2 atom stereocenters. The highest BCUT2D eigenvalue weighted by atomic mass is 79.9. The molecule has 0 saturated heterocycles. The minimum Gasteiger partial charge on any atom is -0.490 e. The Morgan fingerprint density at radius 2 is 1.32 bits per heavy atom. The van der Waals surface area contributed by atoms with Crippen molar-refractivity contribution in [3.8, 4) is 34.0 Å². The maximum atomic E-state index is 12.1. The van der Waals surface area contributed by atoms with Crippen molar-refractivity contribution < 1.29 is 20.7 Å². The van der Waals surface area contributed by atoms with E-state index in [1.807, 2.05) is 60.7 Å². The van der Waals surface area contributed by atoms with Crippen molar-refractivity contribution in [3.63, 3.8) is 0 Å². The van der Waals surface area contributed by atoms with Crippen LogP contribution in [0.25, 0.3) is 44.3 Å². The van der Waals surface area contributed by atoms with Gasteiger partial charge >= 0.3 is 0 Å². The molecule has 6 nitrogen and oxygen atoms in total. The smallest absolute Gasteiger partial charge is 0.189 e. The molecule has 224 valence electrons. The molecule has 4 aromatic carbocycles. The van der Waals surface area contributed by atoms with Gasteiger partial charge in [0, 0.05) is 43.2 Å². The molecule has 6 aromatic rings. The lowest BCUT2D eigenvalue weighted by Crippen LogP contribution is -2.25. The fourth-order valence-electron chi connectivity index (χ4n) is 5.72. The van der Waals surface area contributed by atoms with Gasteiger partial charge in [-0.3, -0.25) is 4.79 Å². The number of rotatable bonds is 0. The van der Waals surface area contributed by atoms with Crippen LogP contribution in [0, 0.1) is 0 Å². The number of nitrogens with zero attached hydrogens (tertiary/aromatic N) is 2. The highest BCUT2D eigenvalue weighted by Crippen LogP contribution is 2.39. The maximum Gasteiger partial charge on any atom is 0.189 e. The van der Waals surface area contributed by atoms with Crippen molar-refractivity contribution in [1.29, 1.82) is 0 Å². The molecule has 0 aliphatic carbocycles. The summed E-state index contributed by atoms with van der Waals surface area (Å²) in [5.74, 6) is 1.63. The summed E-state index contributed by atoms with van der Waals surface area (Å²) in [7, 11) is 2.25. The normalized spacial score (nSPS) is 15.5. The van der Waals surface area contributed by atoms with Gasteiger partial charge in [-0.15, -0.1) is 9.24 Å². The maximum absolute atomic E-state index is 12.1. The van der Waals surface area contributed by atoms with Crippen LogP contribution in [0.3, 0.4) is 0 Å². The van der Waals surface area contributed by atoms with Crippen molar-refractivity contribution in [1.82, 2.24) is 9.13 Å². The number of halogens is 2. The Labute approximate surface area is 276 Å². The predicted molar refractivity (Wildman–Crippen MR) is 188 cm³/mol. The molecule has 0 fully saturated rings. The molecule has 9 heteroatoms. The summed E-state index contributed by atoms with van der Waals surface area (Å²) >= 11 is 7.04. The van der Waals surface area contributed by atoms with E-state index in [1.54, 1.807) is 0 Å². The van der Waals surface area contributed by atoms with Crippen LogP contribution < -0.4 is 9.47 Å². The minimum atomic E-state index is -0.517. The molecule has 2 aliphatic rings. The standard InChI is InChI=1S/C17H14BrNO2.C17H12BrNO2.CH5P/c2*18-12-5-6-17-14(8-12)16-7-11-3-1-2-4-15(11)19(16)9-13(20)10-21-17;1-2/h1-8,13,20H,9-10H2;1-8H,9-10H2;2H2,1H3/i;;1D. The second kappa shape index (κ2) is 13.3. The van der Waals surface area contributed by atoms with Gasteiger partial charge in [0.25, 0.3) is 0 Å². The predicted octanol–water partition coefficient (Wildman–Crippen LogP) is 8.35. The van der Waals surface area contributed by atoms with Crippen LogP contribution in [0.5, 0.6) is 11.5 Å². The largest absolute Gasteiger partial charge is 0.490 e. The Hall–Kier alpha value is -3.42. The third-order valence-electron chi connectivity index (χ3n) is 7.60. The molecule has 1 N–H and O–H groups in total. The van der Waals surface area contributed by atoms with E-state index in [9.17, 15) is 9.90 Å². The lowest BCUT2D eigenvalue weighted by Gasteiger charge is -2.22. The minimum absolute atomic E-state index is 0.0752. The summed E-state index contributed by atoms with van der Waals surface area (Å²) in [6.07, 6.45) is -0.517. The Bertz CT molecular complexity index is 2010. The number of ether oxygens (including phenoxy) is 2. The number of benzene rings is 4. The first-order valence-electron chi connectivity index (χ1n) is 14.8. The molecule has 0 spiro atoms. The first kappa shape index (κ1) is 29.3. The molecule has 2 aliphatic heterocycles. The van der Waals surface area contributed by atoms with Gasteiger partial charge in [0.2, 0.25) is 0 Å². The summed E-state index contributed by atoms with van der Waals surface area (Å²) < 4.78 is 23.9. The summed E-state index contributed by atoms with van der Waals surface area (Å²) in [5.41, 5.74) is 6.36. The van der Waals surface area contributed by atoms with E-state index < -0.39 is 6.10 Å².